The molecule has 2 aliphatic heterocycles. The molecule has 1 N–H and O–H groups in total. The minimum atomic E-state index is -0.859. The van der Waals surface area contributed by atoms with Gasteiger partial charge in [-0.25, -0.2) is 18.7 Å². The van der Waals surface area contributed by atoms with Gasteiger partial charge in [-0.1, -0.05) is 19.9 Å². The van der Waals surface area contributed by atoms with E-state index in [0.29, 0.717) is 36.0 Å². The van der Waals surface area contributed by atoms with Crippen molar-refractivity contribution < 1.29 is 13.5 Å². The second kappa shape index (κ2) is 9.32. The monoisotopic (exact) mass is 521 g/mol. The molecular weight excluding hydrogens is 488 g/mol. The largest absolute Gasteiger partial charge is 0.480 e. The maximum Gasteiger partial charge on any atom is 0.235 e. The Morgan fingerprint density at radius 3 is 2.61 bits per heavy atom. The third-order valence-corrected chi connectivity index (χ3v) is 8.52. The maximum absolute atomic E-state index is 14.9. The van der Waals surface area contributed by atoms with Gasteiger partial charge in [0.1, 0.15) is 17.5 Å². The summed E-state index contributed by atoms with van der Waals surface area (Å²) in [4.78, 5) is 14.2. The van der Waals surface area contributed by atoms with E-state index in [4.69, 9.17) is 14.7 Å². The van der Waals surface area contributed by atoms with Crippen LogP contribution in [0, 0.1) is 29.4 Å². The van der Waals surface area contributed by atoms with Gasteiger partial charge in [0, 0.05) is 50.1 Å². The molecule has 6 rings (SSSR count). The second-order valence-corrected chi connectivity index (χ2v) is 11.3. The Morgan fingerprint density at radius 1 is 1.13 bits per heavy atom. The lowest BCUT2D eigenvalue weighted by atomic mass is 9.82. The highest BCUT2D eigenvalue weighted by Crippen LogP contribution is 2.48. The molecule has 200 valence electrons. The molecule has 0 amide bonds. The van der Waals surface area contributed by atoms with E-state index in [2.05, 4.69) is 34.3 Å². The fourth-order valence-corrected chi connectivity index (χ4v) is 6.73. The molecule has 2 aromatic heterocycles. The molecule has 3 aliphatic rings. The quantitative estimate of drug-likeness (QED) is 0.499. The molecule has 8 nitrogen and oxygen atoms in total. The number of rotatable bonds is 6. The molecule has 4 heterocycles. The van der Waals surface area contributed by atoms with Gasteiger partial charge >= 0.3 is 0 Å². The molecule has 0 spiro atoms. The van der Waals surface area contributed by atoms with Gasteiger partial charge < -0.3 is 19.9 Å². The van der Waals surface area contributed by atoms with Crippen LogP contribution in [0.3, 0.4) is 0 Å². The number of nitrogens with zero attached hydrogens (tertiary/aromatic N) is 6. The van der Waals surface area contributed by atoms with Crippen molar-refractivity contribution in [3.05, 3.63) is 53.5 Å². The molecule has 2 fully saturated rings. The van der Waals surface area contributed by atoms with Gasteiger partial charge in [0.15, 0.2) is 11.6 Å². The van der Waals surface area contributed by atoms with Gasteiger partial charge in [0.2, 0.25) is 5.88 Å². The van der Waals surface area contributed by atoms with Crippen LogP contribution in [-0.2, 0) is 11.8 Å². The third-order valence-electron chi connectivity index (χ3n) is 8.52. The van der Waals surface area contributed by atoms with Crippen LogP contribution in [0.5, 0.6) is 5.88 Å². The number of aromatic nitrogens is 4. The van der Waals surface area contributed by atoms with Crippen LogP contribution >= 0.6 is 0 Å². The number of benzene rings is 1. The lowest BCUT2D eigenvalue weighted by Crippen LogP contribution is -2.43. The molecule has 2 bridgehead atoms. The van der Waals surface area contributed by atoms with Crippen molar-refractivity contribution in [2.45, 2.75) is 38.5 Å². The molecule has 1 aliphatic carbocycles. The lowest BCUT2D eigenvalue weighted by Gasteiger charge is -2.39. The molecule has 2 unspecified atom stereocenters. The third kappa shape index (κ3) is 4.10. The van der Waals surface area contributed by atoms with Crippen molar-refractivity contribution in [1.29, 1.82) is 0 Å². The topological polar surface area (TPSA) is 79.3 Å². The first-order valence-corrected chi connectivity index (χ1v) is 13.2. The van der Waals surface area contributed by atoms with E-state index in [1.807, 2.05) is 13.1 Å². The van der Waals surface area contributed by atoms with Crippen molar-refractivity contribution in [3.8, 4) is 5.88 Å². The average molecular weight is 522 g/mol. The number of ether oxygens (including phenoxy) is 1. The Hall–Kier alpha value is -3.56. The van der Waals surface area contributed by atoms with Crippen molar-refractivity contribution in [2.75, 3.05) is 48.9 Å². The van der Waals surface area contributed by atoms with Crippen LogP contribution < -0.4 is 19.9 Å². The summed E-state index contributed by atoms with van der Waals surface area (Å²) in [6, 6.07) is 6.24. The Morgan fingerprint density at radius 2 is 1.89 bits per heavy atom. The molecular formula is C28H33F2N7O. The van der Waals surface area contributed by atoms with Crippen molar-refractivity contribution in [3.63, 3.8) is 0 Å². The zero-order chi connectivity index (χ0) is 26.6. The highest BCUT2D eigenvalue weighted by Gasteiger charge is 2.44. The van der Waals surface area contributed by atoms with E-state index in [-0.39, 0.29) is 11.1 Å². The van der Waals surface area contributed by atoms with Gasteiger partial charge in [0.25, 0.3) is 0 Å². The molecule has 0 radical (unpaired) electrons. The number of methoxy groups -OCH3 is 1. The number of fused-ring (bicyclic) bond motifs is 3. The summed E-state index contributed by atoms with van der Waals surface area (Å²) >= 11 is 0. The van der Waals surface area contributed by atoms with Crippen molar-refractivity contribution >= 4 is 23.0 Å². The molecule has 2 atom stereocenters. The predicted octanol–water partition coefficient (Wildman–Crippen LogP) is 4.73. The molecule has 1 aromatic carbocycles. The first-order chi connectivity index (χ1) is 18.3. The predicted molar refractivity (Wildman–Crippen MR) is 142 cm³/mol. The summed E-state index contributed by atoms with van der Waals surface area (Å²) in [6.45, 7) is 6.54. The smallest absolute Gasteiger partial charge is 0.235 e. The van der Waals surface area contributed by atoms with E-state index >= 15 is 0 Å². The average Bonchev–Trinajstić information content (AvgIpc) is 3.30. The van der Waals surface area contributed by atoms with E-state index in [9.17, 15) is 8.78 Å². The summed E-state index contributed by atoms with van der Waals surface area (Å²) in [5.41, 5.74) is 1.84. The summed E-state index contributed by atoms with van der Waals surface area (Å²) < 4.78 is 34.3. The summed E-state index contributed by atoms with van der Waals surface area (Å²) in [5.74, 6) is 2.45. The van der Waals surface area contributed by atoms with Crippen LogP contribution in [-0.4, -0.2) is 54.0 Å². The Labute approximate surface area is 221 Å². The number of nitrogens with one attached hydrogen (secondary N) is 1. The first-order valence-electron chi connectivity index (χ1n) is 13.2. The molecule has 10 heteroatoms. The number of halogens is 2. The fourth-order valence-electron chi connectivity index (χ4n) is 6.73. The van der Waals surface area contributed by atoms with Gasteiger partial charge in [-0.3, -0.25) is 0 Å². The summed E-state index contributed by atoms with van der Waals surface area (Å²) in [6.07, 6.45) is 4.88. The van der Waals surface area contributed by atoms with Crippen LogP contribution in [0.2, 0.25) is 0 Å². The van der Waals surface area contributed by atoms with Gasteiger partial charge in [-0.05, 0) is 42.7 Å². The highest BCUT2D eigenvalue weighted by atomic mass is 19.2. The lowest BCUT2D eigenvalue weighted by molar-refractivity contribution is 0.265. The van der Waals surface area contributed by atoms with Crippen LogP contribution in [0.1, 0.15) is 38.1 Å². The fraction of sp³-hybridized carbons (Fsp3) is 0.500. The standard InChI is InChI=1S/C28H33F2N7O/c1-28(2)15-37(21-7-5-6-20(29)25(21)30)27-24(28)26(31-3)33-22(34-27)11-19-16-8-9-17(19)14-36(13-16)18-10-23(38-4)35-32-12-18/h5-7,10,12,16-17,19H,8-9,11,13-15H2,1-4H3,(H,31,33,34). The first kappa shape index (κ1) is 24.8. The van der Waals surface area contributed by atoms with Gasteiger partial charge in [0.05, 0.1) is 24.7 Å². The SMILES string of the molecule is CNc1nc(CC2C3CCC2CN(c2cnnc(OC)c2)C3)nc2c1C(C)(C)CN2c1cccc(F)c1F. The summed E-state index contributed by atoms with van der Waals surface area (Å²) in [7, 11) is 3.46. The Bertz CT molecular complexity index is 1350. The van der Waals surface area contributed by atoms with E-state index in [1.54, 1.807) is 30.3 Å². The van der Waals surface area contributed by atoms with E-state index in [0.717, 1.165) is 48.5 Å². The zero-order valence-electron chi connectivity index (χ0n) is 22.2. The Balaban J connectivity index is 1.30. The highest BCUT2D eigenvalue weighted by molar-refractivity contribution is 5.74. The van der Waals surface area contributed by atoms with Gasteiger partial charge in [-0.15, -0.1) is 5.10 Å². The van der Waals surface area contributed by atoms with E-state index < -0.39 is 11.6 Å². The molecule has 1 saturated carbocycles. The van der Waals surface area contributed by atoms with Crippen LogP contribution in [0.25, 0.3) is 0 Å². The minimum Gasteiger partial charge on any atom is -0.480 e. The van der Waals surface area contributed by atoms with Crippen molar-refractivity contribution in [1.82, 2.24) is 20.2 Å². The number of anilines is 4. The second-order valence-electron chi connectivity index (χ2n) is 11.3. The minimum absolute atomic E-state index is 0.207. The number of hydrogen-bond donors (Lipinski definition) is 1. The maximum atomic E-state index is 14.9. The van der Waals surface area contributed by atoms with Crippen LogP contribution in [0.4, 0.5) is 31.8 Å². The van der Waals surface area contributed by atoms with Crippen LogP contribution in [0.15, 0.2) is 30.5 Å². The molecule has 1 saturated heterocycles. The Kier molecular flexibility index (Phi) is 6.07. The van der Waals surface area contributed by atoms with Gasteiger partial charge in [-0.2, -0.15) is 5.10 Å². The number of piperidine rings is 1. The van der Waals surface area contributed by atoms with E-state index in [1.165, 1.54) is 12.8 Å². The molecule has 38 heavy (non-hydrogen) atoms. The number of hydrogen-bond acceptors (Lipinski definition) is 8. The normalized spacial score (nSPS) is 23.5. The zero-order valence-corrected chi connectivity index (χ0v) is 22.2. The van der Waals surface area contributed by atoms with Crippen molar-refractivity contribution in [2.24, 2.45) is 17.8 Å². The molecule has 3 aromatic rings. The summed E-state index contributed by atoms with van der Waals surface area (Å²) in [5, 5.41) is 11.4.